The van der Waals surface area contributed by atoms with Gasteiger partial charge in [-0.1, -0.05) is 12.1 Å². The summed E-state index contributed by atoms with van der Waals surface area (Å²) in [5, 5.41) is 0. The zero-order valence-corrected chi connectivity index (χ0v) is 10.4. The molecule has 0 aromatic heterocycles. The number of sulfonamides is 1. The van der Waals surface area contributed by atoms with Crippen molar-refractivity contribution in [1.82, 2.24) is 4.72 Å². The molecule has 0 radical (unpaired) electrons. The average Bonchev–Trinajstić information content (AvgIpc) is 2.07. The van der Waals surface area contributed by atoms with E-state index in [1.807, 2.05) is 19.9 Å². The molecule has 1 N–H and O–H groups in total. The summed E-state index contributed by atoms with van der Waals surface area (Å²) in [4.78, 5) is 0. The van der Waals surface area contributed by atoms with Crippen molar-refractivity contribution in [2.24, 2.45) is 0 Å². The molecule has 0 spiro atoms. The third-order valence-electron chi connectivity index (χ3n) is 2.48. The molecule has 0 atom stereocenters. The molecule has 84 valence electrons. The van der Waals surface area contributed by atoms with Gasteiger partial charge >= 0.3 is 0 Å². The minimum atomic E-state index is -3.11. The molecule has 0 amide bonds. The zero-order chi connectivity index (χ0) is 11.6. The summed E-state index contributed by atoms with van der Waals surface area (Å²) in [5.74, 6) is 0. The van der Waals surface area contributed by atoms with Crippen molar-refractivity contribution in [3.05, 3.63) is 34.4 Å². The molecule has 1 aromatic rings. The van der Waals surface area contributed by atoms with Gasteiger partial charge in [0.1, 0.15) is 0 Å². The molecular weight excluding hydrogens is 210 g/mol. The van der Waals surface area contributed by atoms with Crippen LogP contribution in [0, 0.1) is 20.8 Å². The fourth-order valence-corrected chi connectivity index (χ4v) is 1.84. The number of hydrogen-bond acceptors (Lipinski definition) is 2. The van der Waals surface area contributed by atoms with E-state index in [1.54, 1.807) is 0 Å². The lowest BCUT2D eigenvalue weighted by Crippen LogP contribution is -2.21. The maximum absolute atomic E-state index is 11.0. The lowest BCUT2D eigenvalue weighted by molar-refractivity contribution is 0.587. The van der Waals surface area contributed by atoms with Gasteiger partial charge in [-0.25, -0.2) is 13.1 Å². The molecule has 15 heavy (non-hydrogen) atoms. The second kappa shape index (κ2) is 4.33. The van der Waals surface area contributed by atoms with E-state index in [-0.39, 0.29) is 0 Å². The van der Waals surface area contributed by atoms with Crippen LogP contribution in [-0.4, -0.2) is 14.7 Å². The van der Waals surface area contributed by atoms with Gasteiger partial charge in [-0.2, -0.15) is 0 Å². The molecule has 0 saturated heterocycles. The van der Waals surface area contributed by atoms with Crippen molar-refractivity contribution in [1.29, 1.82) is 0 Å². The van der Waals surface area contributed by atoms with E-state index in [0.29, 0.717) is 6.54 Å². The summed E-state index contributed by atoms with van der Waals surface area (Å²) < 4.78 is 24.4. The van der Waals surface area contributed by atoms with Gasteiger partial charge < -0.3 is 0 Å². The number of benzene rings is 1. The Hall–Kier alpha value is -0.870. The van der Waals surface area contributed by atoms with Crippen LogP contribution in [0.25, 0.3) is 0 Å². The van der Waals surface area contributed by atoms with Gasteiger partial charge in [0.15, 0.2) is 0 Å². The van der Waals surface area contributed by atoms with Crippen molar-refractivity contribution < 1.29 is 8.42 Å². The Morgan fingerprint density at radius 3 is 2.13 bits per heavy atom. The van der Waals surface area contributed by atoms with E-state index >= 15 is 0 Å². The normalized spacial score (nSPS) is 11.7. The zero-order valence-electron chi connectivity index (χ0n) is 9.59. The van der Waals surface area contributed by atoms with Crippen LogP contribution in [0.4, 0.5) is 0 Å². The summed E-state index contributed by atoms with van der Waals surface area (Å²) in [6.07, 6.45) is 1.17. The quantitative estimate of drug-likeness (QED) is 0.853. The third kappa shape index (κ3) is 3.64. The van der Waals surface area contributed by atoms with Gasteiger partial charge in [-0.3, -0.25) is 0 Å². The first-order valence-electron chi connectivity index (χ1n) is 4.81. The molecule has 1 rings (SSSR count). The van der Waals surface area contributed by atoms with E-state index < -0.39 is 10.0 Å². The van der Waals surface area contributed by atoms with Crippen molar-refractivity contribution in [2.45, 2.75) is 27.3 Å². The molecule has 0 bridgehead atoms. The van der Waals surface area contributed by atoms with Crippen LogP contribution in [-0.2, 0) is 16.6 Å². The number of rotatable bonds is 3. The van der Waals surface area contributed by atoms with Crippen LogP contribution in [0.2, 0.25) is 0 Å². The maximum atomic E-state index is 11.0. The summed E-state index contributed by atoms with van der Waals surface area (Å²) in [6, 6.07) is 4.11. The predicted octanol–water partition coefficient (Wildman–Crippen LogP) is 1.66. The molecule has 0 fully saturated rings. The molecule has 0 aliphatic carbocycles. The second-order valence-electron chi connectivity index (χ2n) is 3.96. The van der Waals surface area contributed by atoms with Gasteiger partial charge in [0, 0.05) is 6.54 Å². The van der Waals surface area contributed by atoms with Gasteiger partial charge in [-0.15, -0.1) is 0 Å². The van der Waals surface area contributed by atoms with Crippen LogP contribution in [0.5, 0.6) is 0 Å². The molecule has 0 heterocycles. The number of hydrogen-bond donors (Lipinski definition) is 1. The highest BCUT2D eigenvalue weighted by molar-refractivity contribution is 7.88. The molecule has 0 saturated carbocycles. The summed E-state index contributed by atoms with van der Waals surface area (Å²) in [6.45, 7) is 6.44. The largest absolute Gasteiger partial charge is 0.213 e. The smallest absolute Gasteiger partial charge is 0.209 e. The second-order valence-corrected chi connectivity index (χ2v) is 5.79. The minimum absolute atomic E-state index is 0.367. The monoisotopic (exact) mass is 227 g/mol. The van der Waals surface area contributed by atoms with Gasteiger partial charge in [0.25, 0.3) is 0 Å². The van der Waals surface area contributed by atoms with E-state index in [1.165, 1.54) is 17.4 Å². The standard InChI is InChI=1S/C11H17NO2S/c1-8-5-10(3)11(6-9(8)2)7-12-15(4,13)14/h5-6,12H,7H2,1-4H3. The Morgan fingerprint density at radius 2 is 1.60 bits per heavy atom. The van der Waals surface area contributed by atoms with Crippen LogP contribution in [0.3, 0.4) is 0 Å². The minimum Gasteiger partial charge on any atom is -0.213 e. The summed E-state index contributed by atoms with van der Waals surface area (Å²) in [7, 11) is -3.11. The van der Waals surface area contributed by atoms with E-state index in [4.69, 9.17) is 0 Å². The van der Waals surface area contributed by atoms with Crippen LogP contribution in [0.15, 0.2) is 12.1 Å². The first-order valence-corrected chi connectivity index (χ1v) is 6.70. The molecule has 0 unspecified atom stereocenters. The third-order valence-corrected chi connectivity index (χ3v) is 3.15. The van der Waals surface area contributed by atoms with Crippen LogP contribution >= 0.6 is 0 Å². The van der Waals surface area contributed by atoms with Crippen molar-refractivity contribution in [3.8, 4) is 0 Å². The highest BCUT2D eigenvalue weighted by Gasteiger charge is 2.05. The van der Waals surface area contributed by atoms with Crippen LogP contribution in [0.1, 0.15) is 22.3 Å². The molecule has 4 heteroatoms. The van der Waals surface area contributed by atoms with Crippen molar-refractivity contribution >= 4 is 10.0 Å². The fraction of sp³-hybridized carbons (Fsp3) is 0.455. The van der Waals surface area contributed by atoms with Gasteiger partial charge in [0.2, 0.25) is 10.0 Å². The fourth-order valence-electron chi connectivity index (χ4n) is 1.42. The van der Waals surface area contributed by atoms with Crippen molar-refractivity contribution in [3.63, 3.8) is 0 Å². The van der Waals surface area contributed by atoms with E-state index in [2.05, 4.69) is 17.7 Å². The Labute approximate surface area is 91.6 Å². The van der Waals surface area contributed by atoms with Crippen molar-refractivity contribution in [2.75, 3.05) is 6.26 Å². The topological polar surface area (TPSA) is 46.2 Å². The number of aryl methyl sites for hydroxylation is 3. The highest BCUT2D eigenvalue weighted by Crippen LogP contribution is 2.15. The Morgan fingerprint density at radius 1 is 1.07 bits per heavy atom. The molecule has 0 aliphatic rings. The SMILES string of the molecule is Cc1cc(C)c(CNS(C)(=O)=O)cc1C. The van der Waals surface area contributed by atoms with E-state index in [9.17, 15) is 8.42 Å². The number of nitrogens with one attached hydrogen (secondary N) is 1. The highest BCUT2D eigenvalue weighted by atomic mass is 32.2. The molecular formula is C11H17NO2S. The van der Waals surface area contributed by atoms with E-state index in [0.717, 1.165) is 11.1 Å². The Kier molecular flexibility index (Phi) is 3.52. The molecule has 3 nitrogen and oxygen atoms in total. The lowest BCUT2D eigenvalue weighted by atomic mass is 10.0. The Balaban J connectivity index is 2.91. The average molecular weight is 227 g/mol. The van der Waals surface area contributed by atoms with Gasteiger partial charge in [-0.05, 0) is 43.0 Å². The lowest BCUT2D eigenvalue weighted by Gasteiger charge is -2.09. The first kappa shape index (κ1) is 12.2. The predicted molar refractivity (Wildman–Crippen MR) is 62.3 cm³/mol. The summed E-state index contributed by atoms with van der Waals surface area (Å²) >= 11 is 0. The maximum Gasteiger partial charge on any atom is 0.209 e. The Bertz CT molecular complexity index is 464. The molecule has 0 aliphatic heterocycles. The van der Waals surface area contributed by atoms with Crippen LogP contribution < -0.4 is 4.72 Å². The van der Waals surface area contributed by atoms with Gasteiger partial charge in [0.05, 0.1) is 6.26 Å². The molecule has 1 aromatic carbocycles. The summed E-state index contributed by atoms with van der Waals surface area (Å²) in [5.41, 5.74) is 4.57. The first-order chi connectivity index (χ1) is 6.79.